The highest BCUT2D eigenvalue weighted by atomic mass is 79.9. The van der Waals surface area contributed by atoms with E-state index in [4.69, 9.17) is 4.74 Å². The van der Waals surface area contributed by atoms with E-state index in [0.29, 0.717) is 6.54 Å². The third kappa shape index (κ3) is 4.38. The quantitative estimate of drug-likeness (QED) is 0.830. The van der Waals surface area contributed by atoms with Gasteiger partial charge in [-0.05, 0) is 36.9 Å². The first-order valence-corrected chi connectivity index (χ1v) is 8.56. The predicted octanol–water partition coefficient (Wildman–Crippen LogP) is 2.46. The molecule has 1 aliphatic heterocycles. The number of hydrogen-bond acceptors (Lipinski definition) is 4. The molecule has 2 N–H and O–H groups in total. The Morgan fingerprint density at radius 2 is 2.37 bits per heavy atom. The minimum atomic E-state index is -0.659. The second kappa shape index (κ2) is 6.48. The Hall–Kier alpha value is -0.230. The molecule has 19 heavy (non-hydrogen) atoms. The van der Waals surface area contributed by atoms with Gasteiger partial charge in [0.15, 0.2) is 0 Å². The van der Waals surface area contributed by atoms with Crippen LogP contribution >= 0.6 is 27.7 Å². The zero-order valence-electron chi connectivity index (χ0n) is 11.3. The van der Waals surface area contributed by atoms with Crippen molar-refractivity contribution in [2.24, 2.45) is 0 Å². The molecule has 2 unspecified atom stereocenters. The summed E-state index contributed by atoms with van der Waals surface area (Å²) in [5, 5.41) is 13.4. The van der Waals surface area contributed by atoms with Crippen molar-refractivity contribution in [3.63, 3.8) is 0 Å². The number of ether oxygens (including phenoxy) is 1. The van der Waals surface area contributed by atoms with Gasteiger partial charge in [0.25, 0.3) is 0 Å². The number of nitrogens with one attached hydrogen (secondary N) is 1. The Morgan fingerprint density at radius 1 is 1.58 bits per heavy atom. The van der Waals surface area contributed by atoms with Crippen molar-refractivity contribution in [3.8, 4) is 5.75 Å². The maximum absolute atomic E-state index is 10.1. The SMILES string of the molecule is CSCC(C)(O)CNCC1Cc2cc(Br)ccc2O1. The average Bonchev–Trinajstić information content (AvgIpc) is 2.70. The van der Waals surface area contributed by atoms with Gasteiger partial charge in [-0.1, -0.05) is 15.9 Å². The largest absolute Gasteiger partial charge is 0.488 e. The molecule has 0 bridgehead atoms. The van der Waals surface area contributed by atoms with Crippen molar-refractivity contribution in [1.29, 1.82) is 0 Å². The summed E-state index contributed by atoms with van der Waals surface area (Å²) < 4.78 is 6.96. The second-order valence-electron chi connectivity index (χ2n) is 5.26. The Morgan fingerprint density at radius 3 is 3.11 bits per heavy atom. The van der Waals surface area contributed by atoms with Gasteiger partial charge < -0.3 is 15.2 Å². The summed E-state index contributed by atoms with van der Waals surface area (Å²) in [4.78, 5) is 0. The first-order chi connectivity index (χ1) is 9.00. The summed E-state index contributed by atoms with van der Waals surface area (Å²) in [6, 6.07) is 6.11. The van der Waals surface area contributed by atoms with Crippen LogP contribution in [-0.2, 0) is 6.42 Å². The Kier molecular flexibility index (Phi) is 5.17. The van der Waals surface area contributed by atoms with Gasteiger partial charge in [0, 0.05) is 29.7 Å². The predicted molar refractivity (Wildman–Crippen MR) is 84.1 cm³/mol. The molecule has 1 aromatic carbocycles. The van der Waals surface area contributed by atoms with Crippen LogP contribution in [0, 0.1) is 0 Å². The fourth-order valence-corrected chi connectivity index (χ4v) is 3.40. The summed E-state index contributed by atoms with van der Waals surface area (Å²) >= 11 is 5.13. The van der Waals surface area contributed by atoms with Crippen molar-refractivity contribution in [2.45, 2.75) is 25.0 Å². The molecule has 0 saturated heterocycles. The van der Waals surface area contributed by atoms with Crippen LogP contribution in [0.2, 0.25) is 0 Å². The molecule has 1 heterocycles. The highest BCUT2D eigenvalue weighted by Crippen LogP contribution is 2.30. The number of halogens is 1. The van der Waals surface area contributed by atoms with Crippen LogP contribution in [0.5, 0.6) is 5.75 Å². The van der Waals surface area contributed by atoms with Crippen LogP contribution in [0.25, 0.3) is 0 Å². The van der Waals surface area contributed by atoms with E-state index >= 15 is 0 Å². The van der Waals surface area contributed by atoms with Gasteiger partial charge in [-0.15, -0.1) is 0 Å². The topological polar surface area (TPSA) is 41.5 Å². The number of fused-ring (bicyclic) bond motifs is 1. The van der Waals surface area contributed by atoms with Crippen LogP contribution in [0.15, 0.2) is 22.7 Å². The molecule has 2 atom stereocenters. The minimum Gasteiger partial charge on any atom is -0.488 e. The molecule has 0 fully saturated rings. The van der Waals surface area contributed by atoms with Crippen LogP contribution < -0.4 is 10.1 Å². The first kappa shape index (κ1) is 15.2. The van der Waals surface area contributed by atoms with E-state index in [0.717, 1.165) is 28.9 Å². The van der Waals surface area contributed by atoms with Gasteiger partial charge in [0.1, 0.15) is 11.9 Å². The van der Waals surface area contributed by atoms with Gasteiger partial charge in [0.05, 0.1) is 5.60 Å². The Bertz CT molecular complexity index is 439. The lowest BCUT2D eigenvalue weighted by atomic mass is 10.1. The molecule has 0 saturated carbocycles. The summed E-state index contributed by atoms with van der Waals surface area (Å²) in [6.45, 7) is 3.21. The minimum absolute atomic E-state index is 0.161. The fraction of sp³-hybridized carbons (Fsp3) is 0.571. The van der Waals surface area contributed by atoms with Gasteiger partial charge in [-0.25, -0.2) is 0 Å². The summed E-state index contributed by atoms with van der Waals surface area (Å²) in [5.41, 5.74) is 0.588. The molecule has 0 aliphatic carbocycles. The summed E-state index contributed by atoms with van der Waals surface area (Å²) in [5.74, 6) is 1.71. The van der Waals surface area contributed by atoms with Crippen LogP contribution in [-0.4, -0.2) is 41.9 Å². The lowest BCUT2D eigenvalue weighted by Crippen LogP contribution is -2.43. The second-order valence-corrected chi connectivity index (χ2v) is 7.04. The first-order valence-electron chi connectivity index (χ1n) is 6.37. The average molecular weight is 346 g/mol. The number of aliphatic hydroxyl groups is 1. The van der Waals surface area contributed by atoms with Crippen molar-refractivity contribution in [3.05, 3.63) is 28.2 Å². The molecular weight excluding hydrogens is 326 g/mol. The fourth-order valence-electron chi connectivity index (χ4n) is 2.27. The van der Waals surface area contributed by atoms with Crippen molar-refractivity contribution < 1.29 is 9.84 Å². The van der Waals surface area contributed by atoms with Crippen LogP contribution in [0.1, 0.15) is 12.5 Å². The number of thioether (sulfide) groups is 1. The Labute approximate surface area is 127 Å². The molecule has 1 aliphatic rings. The highest BCUT2D eigenvalue weighted by Gasteiger charge is 2.24. The molecule has 0 spiro atoms. The molecule has 2 rings (SSSR count). The molecule has 5 heteroatoms. The monoisotopic (exact) mass is 345 g/mol. The normalized spacial score (nSPS) is 20.7. The van der Waals surface area contributed by atoms with E-state index in [1.807, 2.05) is 25.3 Å². The number of benzene rings is 1. The lowest BCUT2D eigenvalue weighted by molar-refractivity contribution is 0.0814. The molecule has 3 nitrogen and oxygen atoms in total. The summed E-state index contributed by atoms with van der Waals surface area (Å²) in [7, 11) is 0. The van der Waals surface area contributed by atoms with Gasteiger partial charge >= 0.3 is 0 Å². The third-order valence-corrected chi connectivity index (χ3v) is 4.50. The van der Waals surface area contributed by atoms with E-state index in [1.165, 1.54) is 5.56 Å². The van der Waals surface area contributed by atoms with E-state index in [9.17, 15) is 5.11 Å². The molecular formula is C14H20BrNO2S. The zero-order valence-corrected chi connectivity index (χ0v) is 13.7. The third-order valence-electron chi connectivity index (χ3n) is 3.10. The molecule has 1 aromatic rings. The number of hydrogen-bond donors (Lipinski definition) is 2. The Balaban J connectivity index is 1.78. The maximum Gasteiger partial charge on any atom is 0.123 e. The van der Waals surface area contributed by atoms with Crippen molar-refractivity contribution in [2.75, 3.05) is 25.1 Å². The molecule has 106 valence electrons. The smallest absolute Gasteiger partial charge is 0.123 e. The van der Waals surface area contributed by atoms with Gasteiger partial charge in [-0.2, -0.15) is 11.8 Å². The van der Waals surface area contributed by atoms with Gasteiger partial charge in [0.2, 0.25) is 0 Å². The molecule has 0 aromatic heterocycles. The zero-order chi connectivity index (χ0) is 13.9. The molecule has 0 amide bonds. The van der Waals surface area contributed by atoms with E-state index in [-0.39, 0.29) is 6.10 Å². The van der Waals surface area contributed by atoms with Gasteiger partial charge in [-0.3, -0.25) is 0 Å². The summed E-state index contributed by atoms with van der Waals surface area (Å²) in [6.07, 6.45) is 3.09. The van der Waals surface area contributed by atoms with E-state index in [1.54, 1.807) is 11.8 Å². The number of rotatable bonds is 6. The lowest BCUT2D eigenvalue weighted by Gasteiger charge is -2.23. The highest BCUT2D eigenvalue weighted by molar-refractivity contribution is 9.10. The van der Waals surface area contributed by atoms with E-state index < -0.39 is 5.60 Å². The standard InChI is InChI=1S/C14H20BrNO2S/c1-14(17,9-19-2)8-16-7-12-6-10-5-11(15)3-4-13(10)18-12/h3-5,12,16-17H,6-9H2,1-2H3. The molecule has 0 radical (unpaired) electrons. The van der Waals surface area contributed by atoms with Crippen molar-refractivity contribution in [1.82, 2.24) is 5.32 Å². The van der Waals surface area contributed by atoms with Crippen molar-refractivity contribution >= 4 is 27.7 Å². The van der Waals surface area contributed by atoms with Crippen LogP contribution in [0.3, 0.4) is 0 Å². The van der Waals surface area contributed by atoms with E-state index in [2.05, 4.69) is 27.3 Å². The maximum atomic E-state index is 10.1. The van der Waals surface area contributed by atoms with Crippen LogP contribution in [0.4, 0.5) is 0 Å².